The van der Waals surface area contributed by atoms with Gasteiger partial charge in [-0.2, -0.15) is 5.10 Å². The number of benzene rings is 3. The van der Waals surface area contributed by atoms with Gasteiger partial charge in [-0.1, -0.05) is 76.7 Å². The van der Waals surface area contributed by atoms with Crippen LogP contribution in [0, 0.1) is 0 Å². The predicted molar refractivity (Wildman–Crippen MR) is 116 cm³/mol. The van der Waals surface area contributed by atoms with Crippen molar-refractivity contribution >= 4 is 57.8 Å². The molecule has 1 aliphatic rings. The minimum Gasteiger partial charge on any atom is -0.257 e. The Morgan fingerprint density at radius 2 is 1.52 bits per heavy atom. The highest BCUT2D eigenvalue weighted by Crippen LogP contribution is 2.39. The summed E-state index contributed by atoms with van der Waals surface area (Å²) in [4.78, 5) is 0. The van der Waals surface area contributed by atoms with Gasteiger partial charge in [-0.25, -0.2) is 0 Å². The van der Waals surface area contributed by atoms with Crippen LogP contribution in [0.3, 0.4) is 0 Å². The van der Waals surface area contributed by atoms with Crippen molar-refractivity contribution in [3.63, 3.8) is 0 Å². The molecule has 0 amide bonds. The average molecular weight is 436 g/mol. The van der Waals surface area contributed by atoms with Gasteiger partial charge in [0.2, 0.25) is 0 Å². The summed E-state index contributed by atoms with van der Waals surface area (Å²) in [5.41, 5.74) is 3.83. The minimum absolute atomic E-state index is 0.00535. The van der Waals surface area contributed by atoms with Crippen LogP contribution in [0.25, 0.3) is 0 Å². The molecule has 3 aromatic rings. The molecule has 1 unspecified atom stereocenters. The normalized spacial score (nSPS) is 16.5. The van der Waals surface area contributed by atoms with Crippen molar-refractivity contribution in [1.29, 1.82) is 0 Å². The number of anilines is 1. The molecule has 1 aliphatic heterocycles. The molecule has 0 fully saturated rings. The lowest BCUT2D eigenvalue weighted by molar-refractivity contribution is 0.709. The smallest absolute Gasteiger partial charge is 0.0831 e. The van der Waals surface area contributed by atoms with E-state index in [1.165, 1.54) is 0 Å². The minimum atomic E-state index is 0.00535. The van der Waals surface area contributed by atoms with Gasteiger partial charge in [-0.05, 0) is 42.0 Å². The van der Waals surface area contributed by atoms with Gasteiger partial charge in [0.1, 0.15) is 0 Å². The van der Waals surface area contributed by atoms with E-state index < -0.39 is 0 Å². The van der Waals surface area contributed by atoms with E-state index in [9.17, 15) is 0 Å². The fraction of sp³-hybridized carbons (Fsp3) is 0.0952. The van der Waals surface area contributed by atoms with E-state index in [0.29, 0.717) is 26.5 Å². The number of hydrogen-bond acceptors (Lipinski definition) is 2. The first kappa shape index (κ1) is 18.6. The van der Waals surface area contributed by atoms with E-state index >= 15 is 0 Å². The summed E-state index contributed by atoms with van der Waals surface area (Å²) in [6.45, 7) is 0. The van der Waals surface area contributed by atoms with Crippen LogP contribution in [0.1, 0.15) is 23.6 Å². The van der Waals surface area contributed by atoms with Crippen molar-refractivity contribution < 1.29 is 0 Å². The fourth-order valence-electron chi connectivity index (χ4n) is 3.18. The molecule has 2 nitrogen and oxygen atoms in total. The molecule has 136 valence electrons. The van der Waals surface area contributed by atoms with Crippen molar-refractivity contribution in [1.82, 2.24) is 0 Å². The van der Waals surface area contributed by atoms with Crippen molar-refractivity contribution in [2.24, 2.45) is 5.10 Å². The number of rotatable bonds is 3. The second-order valence-corrected chi connectivity index (χ2v) is 7.90. The standard InChI is InChI=1S/C21H14Cl4N2/c22-14-7-5-13(6-8-14)21-12-20(16-3-1-2-4-17(16)23)26-27(21)15-9-10-18(24)19(25)11-15/h1-11,21H,12H2. The predicted octanol–water partition coefficient (Wildman–Crippen LogP) is 7.66. The first-order valence-electron chi connectivity index (χ1n) is 8.35. The Balaban J connectivity index is 1.79. The maximum atomic E-state index is 6.40. The summed E-state index contributed by atoms with van der Waals surface area (Å²) in [5, 5.41) is 9.22. The molecule has 0 N–H and O–H groups in total. The highest BCUT2D eigenvalue weighted by atomic mass is 35.5. The maximum Gasteiger partial charge on any atom is 0.0831 e. The summed E-state index contributed by atoms with van der Waals surface area (Å²) in [6, 6.07) is 21.1. The highest BCUT2D eigenvalue weighted by Gasteiger charge is 2.30. The van der Waals surface area contributed by atoms with Gasteiger partial charge in [0.25, 0.3) is 0 Å². The Kier molecular flexibility index (Phi) is 5.34. The van der Waals surface area contributed by atoms with Crippen LogP contribution in [0.5, 0.6) is 0 Å². The van der Waals surface area contributed by atoms with Crippen LogP contribution in [-0.2, 0) is 0 Å². The van der Waals surface area contributed by atoms with E-state index in [4.69, 9.17) is 51.5 Å². The Hall–Kier alpha value is -1.71. The molecule has 0 saturated heterocycles. The van der Waals surface area contributed by atoms with Crippen LogP contribution >= 0.6 is 46.4 Å². The molecule has 0 spiro atoms. The topological polar surface area (TPSA) is 15.6 Å². The largest absolute Gasteiger partial charge is 0.257 e. The van der Waals surface area contributed by atoms with Crippen LogP contribution in [0.15, 0.2) is 71.8 Å². The molecule has 3 aromatic carbocycles. The van der Waals surface area contributed by atoms with Gasteiger partial charge in [0, 0.05) is 22.0 Å². The number of hydrogen-bond donors (Lipinski definition) is 0. The Bertz CT molecular complexity index is 1010. The summed E-state index contributed by atoms with van der Waals surface area (Å²) >= 11 is 24.8. The second-order valence-electron chi connectivity index (χ2n) is 6.24. The lowest BCUT2D eigenvalue weighted by Crippen LogP contribution is -2.18. The molecular weight excluding hydrogens is 422 g/mol. The van der Waals surface area contributed by atoms with Crippen LogP contribution in [0.4, 0.5) is 5.69 Å². The quantitative estimate of drug-likeness (QED) is 0.412. The molecule has 0 aromatic heterocycles. The first-order chi connectivity index (χ1) is 13.0. The second kappa shape index (κ2) is 7.73. The molecule has 27 heavy (non-hydrogen) atoms. The monoisotopic (exact) mass is 434 g/mol. The Morgan fingerprint density at radius 3 is 2.22 bits per heavy atom. The summed E-state index contributed by atoms with van der Waals surface area (Å²) < 4.78 is 0. The van der Waals surface area contributed by atoms with Crippen molar-refractivity contribution in [3.05, 3.63) is 97.9 Å². The molecule has 1 atom stereocenters. The van der Waals surface area contributed by atoms with Gasteiger partial charge in [-0.3, -0.25) is 5.01 Å². The van der Waals surface area contributed by atoms with Crippen molar-refractivity contribution in [2.75, 3.05) is 5.01 Å². The van der Waals surface area contributed by atoms with Gasteiger partial charge >= 0.3 is 0 Å². The zero-order chi connectivity index (χ0) is 19.0. The summed E-state index contributed by atoms with van der Waals surface area (Å²) in [5.74, 6) is 0. The third-order valence-electron chi connectivity index (χ3n) is 4.52. The molecular formula is C21H14Cl4N2. The molecule has 0 radical (unpaired) electrons. The highest BCUT2D eigenvalue weighted by molar-refractivity contribution is 6.42. The van der Waals surface area contributed by atoms with Crippen molar-refractivity contribution in [2.45, 2.75) is 12.5 Å². The van der Waals surface area contributed by atoms with Gasteiger partial charge < -0.3 is 0 Å². The lowest BCUT2D eigenvalue weighted by atomic mass is 9.98. The molecule has 0 saturated carbocycles. The lowest BCUT2D eigenvalue weighted by Gasteiger charge is -2.24. The average Bonchev–Trinajstić information content (AvgIpc) is 3.10. The van der Waals surface area contributed by atoms with E-state index in [1.54, 1.807) is 6.07 Å². The van der Waals surface area contributed by atoms with E-state index in [2.05, 4.69) is 0 Å². The van der Waals surface area contributed by atoms with E-state index in [-0.39, 0.29) is 6.04 Å². The van der Waals surface area contributed by atoms with E-state index in [1.807, 2.05) is 65.7 Å². The Morgan fingerprint density at radius 1 is 0.778 bits per heavy atom. The SMILES string of the molecule is Clc1ccc(C2CC(c3ccccc3Cl)=NN2c2ccc(Cl)c(Cl)c2)cc1. The van der Waals surface area contributed by atoms with E-state index in [0.717, 1.165) is 22.5 Å². The fourth-order valence-corrected chi connectivity index (χ4v) is 3.84. The molecule has 1 heterocycles. The molecule has 4 rings (SSSR count). The van der Waals surface area contributed by atoms with Gasteiger partial charge in [-0.15, -0.1) is 0 Å². The maximum absolute atomic E-state index is 6.40. The van der Waals surface area contributed by atoms with Crippen LogP contribution in [0.2, 0.25) is 20.1 Å². The zero-order valence-corrected chi connectivity index (χ0v) is 17.1. The summed E-state index contributed by atoms with van der Waals surface area (Å²) in [6.07, 6.45) is 0.714. The van der Waals surface area contributed by atoms with Crippen molar-refractivity contribution in [3.8, 4) is 0 Å². The third-order valence-corrected chi connectivity index (χ3v) is 5.84. The van der Waals surface area contributed by atoms with Crippen LogP contribution in [-0.4, -0.2) is 5.71 Å². The molecule has 0 bridgehead atoms. The number of hydrazone groups is 1. The third kappa shape index (κ3) is 3.81. The molecule has 6 heteroatoms. The molecule has 0 aliphatic carbocycles. The van der Waals surface area contributed by atoms with Crippen LogP contribution < -0.4 is 5.01 Å². The number of halogens is 4. The number of nitrogens with zero attached hydrogens (tertiary/aromatic N) is 2. The first-order valence-corrected chi connectivity index (χ1v) is 9.86. The summed E-state index contributed by atoms with van der Waals surface area (Å²) in [7, 11) is 0. The zero-order valence-electron chi connectivity index (χ0n) is 14.0. The Labute approximate surface area is 177 Å². The van der Waals surface area contributed by atoms with Gasteiger partial charge in [0.15, 0.2) is 0 Å². The van der Waals surface area contributed by atoms with Gasteiger partial charge in [0.05, 0.1) is 27.5 Å².